The molecule has 2 rings (SSSR count). The first-order valence-corrected chi connectivity index (χ1v) is 9.65. The highest BCUT2D eigenvalue weighted by Crippen LogP contribution is 2.13. The van der Waals surface area contributed by atoms with E-state index in [4.69, 9.17) is 4.74 Å². The van der Waals surface area contributed by atoms with Crippen LogP contribution in [0.2, 0.25) is 0 Å². The number of halogens is 1. The van der Waals surface area contributed by atoms with Crippen LogP contribution < -0.4 is 10.6 Å². The summed E-state index contributed by atoms with van der Waals surface area (Å²) in [5.74, 6) is -1.98. The maximum atomic E-state index is 13.5. The molecular formula is C23H27FN2O4. The topological polar surface area (TPSA) is 84.5 Å². The molecule has 0 heterocycles. The van der Waals surface area contributed by atoms with Crippen LogP contribution in [0.3, 0.4) is 0 Å². The van der Waals surface area contributed by atoms with Gasteiger partial charge in [0.1, 0.15) is 17.9 Å². The minimum absolute atomic E-state index is 0.0840. The zero-order chi connectivity index (χ0) is 22.3. The summed E-state index contributed by atoms with van der Waals surface area (Å²) >= 11 is 0. The predicted octanol–water partition coefficient (Wildman–Crippen LogP) is 2.39. The van der Waals surface area contributed by atoms with Crippen molar-refractivity contribution in [3.63, 3.8) is 0 Å². The normalized spacial score (nSPS) is 12.6. The number of hydrogen-bond donors (Lipinski definition) is 2. The van der Waals surface area contributed by atoms with Crippen LogP contribution in [0.4, 0.5) is 4.39 Å². The van der Waals surface area contributed by atoms with Crippen molar-refractivity contribution in [2.24, 2.45) is 0 Å². The lowest BCUT2D eigenvalue weighted by molar-refractivity contribution is -0.145. The van der Waals surface area contributed by atoms with E-state index >= 15 is 0 Å². The molecule has 0 fully saturated rings. The monoisotopic (exact) mass is 414 g/mol. The predicted molar refractivity (Wildman–Crippen MR) is 111 cm³/mol. The number of benzene rings is 2. The molecule has 0 radical (unpaired) electrons. The minimum Gasteiger partial charge on any atom is -0.467 e. The number of carbonyl (C=O) groups is 3. The van der Waals surface area contributed by atoms with Gasteiger partial charge < -0.3 is 15.4 Å². The summed E-state index contributed by atoms with van der Waals surface area (Å²) in [4.78, 5) is 36.8. The number of aryl methyl sites for hydroxylation is 2. The molecule has 2 atom stereocenters. The van der Waals surface area contributed by atoms with Crippen LogP contribution in [0.15, 0.2) is 42.5 Å². The van der Waals surface area contributed by atoms with Crippen molar-refractivity contribution in [3.8, 4) is 0 Å². The Hall–Kier alpha value is -3.22. The number of esters is 1. The summed E-state index contributed by atoms with van der Waals surface area (Å²) in [6, 6.07) is 9.71. The SMILES string of the molecule is COC(=O)[C@@H](Cc1ccc(C)c(C)c1)NC(=O)[C@@H](Cc1cccc(F)c1)NC(C)=O. The molecule has 7 heteroatoms. The van der Waals surface area contributed by atoms with E-state index in [2.05, 4.69) is 10.6 Å². The second-order valence-electron chi connectivity index (χ2n) is 7.29. The molecule has 0 saturated heterocycles. The van der Waals surface area contributed by atoms with Gasteiger partial charge in [0.2, 0.25) is 11.8 Å². The first-order valence-electron chi connectivity index (χ1n) is 9.65. The van der Waals surface area contributed by atoms with E-state index in [1.54, 1.807) is 6.07 Å². The standard InChI is InChI=1S/C23H27FN2O4/c1-14-8-9-18(10-15(14)2)13-21(23(29)30-4)26-22(28)20(25-16(3)27)12-17-6-5-7-19(24)11-17/h5-11,20-21H,12-13H2,1-4H3,(H,25,27)(H,26,28)/t20-,21-/m1/s1. The molecule has 6 nitrogen and oxygen atoms in total. The van der Waals surface area contributed by atoms with E-state index in [1.165, 1.54) is 32.2 Å². The van der Waals surface area contributed by atoms with Crippen LogP contribution in [0, 0.1) is 19.7 Å². The van der Waals surface area contributed by atoms with E-state index in [-0.39, 0.29) is 12.8 Å². The van der Waals surface area contributed by atoms with Crippen molar-refractivity contribution in [1.82, 2.24) is 10.6 Å². The average molecular weight is 414 g/mol. The van der Waals surface area contributed by atoms with Crippen molar-refractivity contribution in [1.29, 1.82) is 0 Å². The van der Waals surface area contributed by atoms with Gasteiger partial charge in [-0.05, 0) is 48.2 Å². The third-order valence-corrected chi connectivity index (χ3v) is 4.84. The Morgan fingerprint density at radius 3 is 2.20 bits per heavy atom. The Bertz CT molecular complexity index is 929. The molecule has 0 aliphatic heterocycles. The van der Waals surface area contributed by atoms with Crippen molar-refractivity contribution < 1.29 is 23.5 Å². The highest BCUT2D eigenvalue weighted by molar-refractivity contribution is 5.90. The zero-order valence-corrected chi connectivity index (χ0v) is 17.6. The molecule has 30 heavy (non-hydrogen) atoms. The lowest BCUT2D eigenvalue weighted by Gasteiger charge is -2.22. The second kappa shape index (κ2) is 10.5. The molecule has 0 aliphatic rings. The molecule has 0 unspecified atom stereocenters. The molecular weight excluding hydrogens is 387 g/mol. The molecule has 2 N–H and O–H groups in total. The van der Waals surface area contributed by atoms with Crippen LogP contribution >= 0.6 is 0 Å². The van der Waals surface area contributed by atoms with Gasteiger partial charge in [0.15, 0.2) is 0 Å². The van der Waals surface area contributed by atoms with Crippen LogP contribution in [0.25, 0.3) is 0 Å². The Morgan fingerprint density at radius 1 is 0.933 bits per heavy atom. The highest BCUT2D eigenvalue weighted by atomic mass is 19.1. The Kier molecular flexibility index (Phi) is 8.09. The van der Waals surface area contributed by atoms with Gasteiger partial charge in [-0.1, -0.05) is 30.3 Å². The third kappa shape index (κ3) is 6.69. The van der Waals surface area contributed by atoms with Crippen molar-refractivity contribution >= 4 is 17.8 Å². The van der Waals surface area contributed by atoms with Gasteiger partial charge in [-0.25, -0.2) is 9.18 Å². The molecule has 0 aromatic heterocycles. The average Bonchev–Trinajstić information content (AvgIpc) is 2.68. The quantitative estimate of drug-likeness (QED) is 0.650. The molecule has 2 aromatic carbocycles. The van der Waals surface area contributed by atoms with Gasteiger partial charge in [0.05, 0.1) is 7.11 Å². The van der Waals surface area contributed by atoms with Gasteiger partial charge in [-0.15, -0.1) is 0 Å². The van der Waals surface area contributed by atoms with Crippen LogP contribution in [0.1, 0.15) is 29.2 Å². The van der Waals surface area contributed by atoms with E-state index in [1.807, 2.05) is 32.0 Å². The Labute approximate surface area is 175 Å². The van der Waals surface area contributed by atoms with E-state index < -0.39 is 35.7 Å². The van der Waals surface area contributed by atoms with Gasteiger partial charge in [-0.2, -0.15) is 0 Å². The van der Waals surface area contributed by atoms with Gasteiger partial charge in [-0.3, -0.25) is 9.59 Å². The fraction of sp³-hybridized carbons (Fsp3) is 0.348. The summed E-state index contributed by atoms with van der Waals surface area (Å²) in [7, 11) is 1.25. The van der Waals surface area contributed by atoms with Crippen molar-refractivity contribution in [3.05, 3.63) is 70.5 Å². The molecule has 2 amide bonds. The van der Waals surface area contributed by atoms with Crippen LogP contribution in [-0.4, -0.2) is 37.0 Å². The number of amides is 2. The maximum absolute atomic E-state index is 13.5. The molecule has 160 valence electrons. The molecule has 2 aromatic rings. The Balaban J connectivity index is 2.19. The second-order valence-corrected chi connectivity index (χ2v) is 7.29. The van der Waals surface area contributed by atoms with Crippen LogP contribution in [0.5, 0.6) is 0 Å². The zero-order valence-electron chi connectivity index (χ0n) is 17.6. The fourth-order valence-electron chi connectivity index (χ4n) is 3.13. The van der Waals surface area contributed by atoms with Gasteiger partial charge in [0, 0.05) is 19.8 Å². The molecule has 0 saturated carbocycles. The lowest BCUT2D eigenvalue weighted by atomic mass is 10.00. The molecule has 0 spiro atoms. The first kappa shape index (κ1) is 23.1. The maximum Gasteiger partial charge on any atom is 0.328 e. The lowest BCUT2D eigenvalue weighted by Crippen LogP contribution is -2.53. The largest absolute Gasteiger partial charge is 0.467 e. The van der Waals surface area contributed by atoms with Crippen molar-refractivity contribution in [2.45, 2.75) is 45.7 Å². The molecule has 0 aliphatic carbocycles. The van der Waals surface area contributed by atoms with Gasteiger partial charge in [0.25, 0.3) is 0 Å². The van der Waals surface area contributed by atoms with Crippen LogP contribution in [-0.2, 0) is 32.0 Å². The number of ether oxygens (including phenoxy) is 1. The summed E-state index contributed by atoms with van der Waals surface area (Å²) in [5, 5.41) is 5.23. The van der Waals surface area contributed by atoms with E-state index in [0.29, 0.717) is 5.56 Å². The van der Waals surface area contributed by atoms with E-state index in [9.17, 15) is 18.8 Å². The summed E-state index contributed by atoms with van der Waals surface area (Å²) in [5.41, 5.74) is 3.62. The minimum atomic E-state index is -0.962. The highest BCUT2D eigenvalue weighted by Gasteiger charge is 2.27. The van der Waals surface area contributed by atoms with Gasteiger partial charge >= 0.3 is 5.97 Å². The molecule has 0 bridgehead atoms. The third-order valence-electron chi connectivity index (χ3n) is 4.84. The number of hydrogen-bond acceptors (Lipinski definition) is 4. The summed E-state index contributed by atoms with van der Waals surface area (Å²) in [6.07, 6.45) is 0.326. The summed E-state index contributed by atoms with van der Waals surface area (Å²) in [6.45, 7) is 5.25. The van der Waals surface area contributed by atoms with Crippen molar-refractivity contribution in [2.75, 3.05) is 7.11 Å². The smallest absolute Gasteiger partial charge is 0.328 e. The number of rotatable bonds is 8. The number of nitrogens with one attached hydrogen (secondary N) is 2. The fourth-order valence-corrected chi connectivity index (χ4v) is 3.13. The number of carbonyl (C=O) groups excluding carboxylic acids is 3. The number of methoxy groups -OCH3 is 1. The first-order chi connectivity index (χ1) is 14.2. The Morgan fingerprint density at radius 2 is 1.60 bits per heavy atom. The van der Waals surface area contributed by atoms with E-state index in [0.717, 1.165) is 16.7 Å². The summed E-state index contributed by atoms with van der Waals surface area (Å²) < 4.78 is 18.3.